The average molecular weight is 399 g/mol. The van der Waals surface area contributed by atoms with Gasteiger partial charge in [-0.15, -0.1) is 0 Å². The van der Waals surface area contributed by atoms with E-state index in [4.69, 9.17) is 14.2 Å². The minimum Gasteiger partial charge on any atom is -0.496 e. The zero-order chi connectivity index (χ0) is 21.0. The predicted molar refractivity (Wildman–Crippen MR) is 110 cm³/mol. The van der Waals surface area contributed by atoms with Crippen LogP contribution in [0.25, 0.3) is 11.0 Å². The van der Waals surface area contributed by atoms with E-state index >= 15 is 0 Å². The van der Waals surface area contributed by atoms with Crippen LogP contribution in [0.3, 0.4) is 0 Å². The Bertz CT molecular complexity index is 1080. The molecule has 0 bridgehead atoms. The Morgan fingerprint density at radius 2 is 1.59 bits per heavy atom. The Kier molecular flexibility index (Phi) is 6.11. The highest BCUT2D eigenvalue weighted by Gasteiger charge is 2.14. The number of hydrogen-bond donors (Lipinski definition) is 1. The highest BCUT2D eigenvalue weighted by atomic mass is 16.5. The normalized spacial score (nSPS) is 10.8. The molecule has 0 aliphatic heterocycles. The van der Waals surface area contributed by atoms with Gasteiger partial charge in [-0.3, -0.25) is 13.9 Å². The topological polar surface area (TPSA) is 83.7 Å². The third-order valence-corrected chi connectivity index (χ3v) is 4.88. The van der Waals surface area contributed by atoms with E-state index in [1.807, 2.05) is 24.3 Å². The van der Waals surface area contributed by atoms with Gasteiger partial charge in [0.1, 0.15) is 5.75 Å². The summed E-state index contributed by atoms with van der Waals surface area (Å²) in [5.41, 5.74) is 2.28. The van der Waals surface area contributed by atoms with Crippen LogP contribution < -0.4 is 25.2 Å². The van der Waals surface area contributed by atoms with E-state index in [0.29, 0.717) is 23.8 Å². The zero-order valence-electron chi connectivity index (χ0n) is 17.0. The molecular formula is C21H25N3O5. The molecule has 2 aromatic carbocycles. The Morgan fingerprint density at radius 1 is 0.966 bits per heavy atom. The van der Waals surface area contributed by atoms with Crippen LogP contribution in [0.4, 0.5) is 0 Å². The molecule has 0 unspecified atom stereocenters. The van der Waals surface area contributed by atoms with Crippen LogP contribution in [0.5, 0.6) is 17.2 Å². The molecule has 0 radical (unpaired) electrons. The second-order valence-corrected chi connectivity index (χ2v) is 6.53. The van der Waals surface area contributed by atoms with Crippen LogP contribution in [0.1, 0.15) is 12.0 Å². The number of imidazole rings is 1. The molecule has 29 heavy (non-hydrogen) atoms. The molecule has 0 fully saturated rings. The molecule has 3 aromatic rings. The van der Waals surface area contributed by atoms with Gasteiger partial charge in [0.2, 0.25) is 5.91 Å². The number of nitrogens with one attached hydrogen (secondary N) is 1. The Balaban J connectivity index is 1.69. The number of aryl methyl sites for hydroxylation is 2. The van der Waals surface area contributed by atoms with Crippen molar-refractivity contribution in [3.8, 4) is 17.2 Å². The summed E-state index contributed by atoms with van der Waals surface area (Å²) in [5.74, 6) is 1.53. The number of nitrogens with zero attached hydrogens (tertiary/aromatic N) is 2. The molecule has 1 amide bonds. The van der Waals surface area contributed by atoms with Crippen LogP contribution in [0.15, 0.2) is 41.2 Å². The van der Waals surface area contributed by atoms with Gasteiger partial charge in [-0.1, -0.05) is 12.1 Å². The third kappa shape index (κ3) is 4.06. The molecule has 0 saturated carbocycles. The minimum absolute atomic E-state index is 0.138. The molecule has 0 aliphatic rings. The summed E-state index contributed by atoms with van der Waals surface area (Å²) in [6.45, 7) is 0.571. The molecule has 1 heterocycles. The summed E-state index contributed by atoms with van der Waals surface area (Å²) in [6, 6.07) is 11.0. The molecule has 0 aliphatic carbocycles. The highest BCUT2D eigenvalue weighted by molar-refractivity contribution is 5.78. The minimum atomic E-state index is -0.165. The molecule has 8 heteroatoms. The van der Waals surface area contributed by atoms with Gasteiger partial charge < -0.3 is 19.5 Å². The van der Waals surface area contributed by atoms with Crippen molar-refractivity contribution in [2.24, 2.45) is 7.05 Å². The van der Waals surface area contributed by atoms with Crippen LogP contribution in [0.2, 0.25) is 0 Å². The number of benzene rings is 2. The van der Waals surface area contributed by atoms with Crippen molar-refractivity contribution in [2.45, 2.75) is 19.5 Å². The maximum absolute atomic E-state index is 12.4. The monoisotopic (exact) mass is 399 g/mol. The second-order valence-electron chi connectivity index (χ2n) is 6.53. The lowest BCUT2D eigenvalue weighted by Crippen LogP contribution is -2.27. The number of fused-ring (bicyclic) bond motifs is 1. The molecule has 1 aromatic heterocycles. The SMILES string of the molecule is COc1cc(OC)c(OC)cc1CNC(=O)CCn1c(=O)n(C)c2ccccc21. The van der Waals surface area contributed by atoms with Crippen molar-refractivity contribution in [1.29, 1.82) is 0 Å². The number of para-hydroxylation sites is 2. The zero-order valence-corrected chi connectivity index (χ0v) is 17.0. The van der Waals surface area contributed by atoms with E-state index in [0.717, 1.165) is 16.6 Å². The number of ether oxygens (including phenoxy) is 3. The molecule has 0 spiro atoms. The first kappa shape index (κ1) is 20.3. The van der Waals surface area contributed by atoms with Crippen molar-refractivity contribution >= 4 is 16.9 Å². The molecule has 1 N–H and O–H groups in total. The number of methoxy groups -OCH3 is 3. The fourth-order valence-electron chi connectivity index (χ4n) is 3.31. The summed E-state index contributed by atoms with van der Waals surface area (Å²) >= 11 is 0. The van der Waals surface area contributed by atoms with E-state index < -0.39 is 0 Å². The van der Waals surface area contributed by atoms with Gasteiger partial charge in [0, 0.05) is 38.2 Å². The maximum atomic E-state index is 12.4. The summed E-state index contributed by atoms with van der Waals surface area (Å²) in [4.78, 5) is 24.8. The van der Waals surface area contributed by atoms with Gasteiger partial charge in [-0.25, -0.2) is 4.79 Å². The van der Waals surface area contributed by atoms with Crippen LogP contribution in [-0.4, -0.2) is 36.4 Å². The molecule has 0 saturated heterocycles. The van der Waals surface area contributed by atoms with E-state index in [1.54, 1.807) is 49.6 Å². The number of carbonyl (C=O) groups excluding carboxylic acids is 1. The van der Waals surface area contributed by atoms with Crippen LogP contribution in [0, 0.1) is 0 Å². The number of hydrogen-bond acceptors (Lipinski definition) is 5. The maximum Gasteiger partial charge on any atom is 0.328 e. The Morgan fingerprint density at radius 3 is 2.24 bits per heavy atom. The van der Waals surface area contributed by atoms with Gasteiger partial charge >= 0.3 is 5.69 Å². The van der Waals surface area contributed by atoms with Crippen LogP contribution >= 0.6 is 0 Å². The number of rotatable bonds is 8. The lowest BCUT2D eigenvalue weighted by atomic mass is 10.1. The summed E-state index contributed by atoms with van der Waals surface area (Å²) < 4.78 is 19.2. The largest absolute Gasteiger partial charge is 0.496 e. The van der Waals surface area contributed by atoms with Gasteiger partial charge in [0.05, 0.1) is 32.4 Å². The lowest BCUT2D eigenvalue weighted by molar-refractivity contribution is -0.121. The highest BCUT2D eigenvalue weighted by Crippen LogP contribution is 2.34. The first-order chi connectivity index (χ1) is 14.0. The standard InChI is InChI=1S/C21H25N3O5/c1-23-15-7-5-6-8-16(15)24(21(23)26)10-9-20(25)22-13-14-11-18(28-3)19(29-4)12-17(14)27-2/h5-8,11-12H,9-10,13H2,1-4H3,(H,22,25). The number of carbonyl (C=O) groups is 1. The van der Waals surface area contributed by atoms with Gasteiger partial charge in [0.25, 0.3) is 0 Å². The van der Waals surface area contributed by atoms with Gasteiger partial charge in [-0.2, -0.15) is 0 Å². The van der Waals surface area contributed by atoms with E-state index in [-0.39, 0.29) is 24.6 Å². The van der Waals surface area contributed by atoms with Crippen molar-refractivity contribution in [3.05, 3.63) is 52.4 Å². The van der Waals surface area contributed by atoms with Crippen molar-refractivity contribution in [1.82, 2.24) is 14.5 Å². The first-order valence-corrected chi connectivity index (χ1v) is 9.20. The summed E-state index contributed by atoms with van der Waals surface area (Å²) in [7, 11) is 6.38. The first-order valence-electron chi connectivity index (χ1n) is 9.20. The second kappa shape index (κ2) is 8.72. The Labute approximate surface area is 168 Å². The van der Waals surface area contributed by atoms with Crippen LogP contribution in [-0.2, 0) is 24.9 Å². The fraction of sp³-hybridized carbons (Fsp3) is 0.333. The number of aromatic nitrogens is 2. The van der Waals surface area contributed by atoms with E-state index in [2.05, 4.69) is 5.32 Å². The fourth-order valence-corrected chi connectivity index (χ4v) is 3.31. The summed E-state index contributed by atoms with van der Waals surface area (Å²) in [6.07, 6.45) is 0.184. The van der Waals surface area contributed by atoms with E-state index in [1.165, 1.54) is 0 Å². The van der Waals surface area contributed by atoms with Gasteiger partial charge in [0.15, 0.2) is 11.5 Å². The van der Waals surface area contributed by atoms with Crippen molar-refractivity contribution < 1.29 is 19.0 Å². The van der Waals surface area contributed by atoms with Crippen molar-refractivity contribution in [3.63, 3.8) is 0 Å². The molecule has 3 rings (SSSR count). The molecular weight excluding hydrogens is 374 g/mol. The summed E-state index contributed by atoms with van der Waals surface area (Å²) in [5, 5.41) is 2.87. The molecule has 8 nitrogen and oxygen atoms in total. The number of amides is 1. The van der Waals surface area contributed by atoms with Crippen molar-refractivity contribution in [2.75, 3.05) is 21.3 Å². The third-order valence-electron chi connectivity index (χ3n) is 4.88. The van der Waals surface area contributed by atoms with E-state index in [9.17, 15) is 9.59 Å². The molecule has 0 atom stereocenters. The lowest BCUT2D eigenvalue weighted by Gasteiger charge is -2.14. The smallest absolute Gasteiger partial charge is 0.328 e. The quantitative estimate of drug-likeness (QED) is 0.627. The predicted octanol–water partition coefficient (Wildman–Crippen LogP) is 2.07. The average Bonchev–Trinajstić information content (AvgIpc) is 3.00. The Hall–Kier alpha value is -3.42. The molecule has 154 valence electrons. The van der Waals surface area contributed by atoms with Gasteiger partial charge in [-0.05, 0) is 18.2 Å².